The second-order valence-electron chi connectivity index (χ2n) is 8.11. The number of urea groups is 1. The number of nitrogens with zero attached hydrogens (tertiary/aromatic N) is 3. The number of carbonyl (C=O) groups excluding carboxylic acids is 2. The number of thiophene rings is 1. The van der Waals surface area contributed by atoms with Crippen LogP contribution in [0.1, 0.15) is 23.8 Å². The van der Waals surface area contributed by atoms with Crippen LogP contribution in [0.5, 0.6) is 0 Å². The largest absolute Gasteiger partial charge is 0.347 e. The Morgan fingerprint density at radius 3 is 2.68 bits per heavy atom. The zero-order valence-electron chi connectivity index (χ0n) is 18.0. The first-order chi connectivity index (χ1) is 15.0. The van der Waals surface area contributed by atoms with Gasteiger partial charge in [-0.2, -0.15) is 0 Å². The molecule has 1 aromatic carbocycles. The first-order valence-electron chi connectivity index (χ1n) is 10.6. The van der Waals surface area contributed by atoms with Crippen LogP contribution in [0.25, 0.3) is 10.9 Å². The number of amides is 3. The van der Waals surface area contributed by atoms with Gasteiger partial charge in [0.1, 0.15) is 6.54 Å². The van der Waals surface area contributed by atoms with Gasteiger partial charge in [0.25, 0.3) is 0 Å². The SMILES string of the molecule is CN(C)C(=O)Cn1ccc2cc(NC(=O)NCC(c3cccs3)N3CCCC3)ccc21. The predicted octanol–water partition coefficient (Wildman–Crippen LogP) is 3.75. The number of benzene rings is 1. The molecule has 1 fully saturated rings. The number of anilines is 1. The summed E-state index contributed by atoms with van der Waals surface area (Å²) in [7, 11) is 3.50. The zero-order chi connectivity index (χ0) is 21.8. The molecule has 1 atom stereocenters. The van der Waals surface area contributed by atoms with E-state index in [1.807, 2.05) is 35.0 Å². The molecule has 1 unspecified atom stereocenters. The van der Waals surface area contributed by atoms with E-state index in [1.165, 1.54) is 17.7 Å². The van der Waals surface area contributed by atoms with Crippen LogP contribution in [0.15, 0.2) is 48.0 Å². The highest BCUT2D eigenvalue weighted by molar-refractivity contribution is 7.10. The number of fused-ring (bicyclic) bond motifs is 1. The molecule has 0 spiro atoms. The van der Waals surface area contributed by atoms with Gasteiger partial charge in [0.2, 0.25) is 5.91 Å². The van der Waals surface area contributed by atoms with Gasteiger partial charge in [0, 0.05) is 48.3 Å². The fraction of sp³-hybridized carbons (Fsp3) is 0.391. The Hall–Kier alpha value is -2.84. The molecule has 3 heterocycles. The Morgan fingerprint density at radius 1 is 1.16 bits per heavy atom. The molecular weight excluding hydrogens is 410 g/mol. The van der Waals surface area contributed by atoms with Crippen LogP contribution >= 0.6 is 11.3 Å². The van der Waals surface area contributed by atoms with E-state index in [0.717, 1.165) is 29.7 Å². The zero-order valence-corrected chi connectivity index (χ0v) is 18.8. The summed E-state index contributed by atoms with van der Waals surface area (Å²) >= 11 is 1.74. The van der Waals surface area contributed by atoms with Crippen molar-refractivity contribution in [2.24, 2.45) is 0 Å². The number of carbonyl (C=O) groups is 2. The highest BCUT2D eigenvalue weighted by Crippen LogP contribution is 2.28. The molecule has 1 aliphatic rings. The van der Waals surface area contributed by atoms with Gasteiger partial charge in [-0.05, 0) is 61.6 Å². The van der Waals surface area contributed by atoms with Gasteiger partial charge >= 0.3 is 6.03 Å². The minimum absolute atomic E-state index is 0.0392. The third kappa shape index (κ3) is 5.08. The standard InChI is InChI=1S/C23H29N5O2S/c1-26(2)22(29)16-28-12-9-17-14-18(7-8-19(17)28)25-23(30)24-15-20(21-6-5-13-31-21)27-10-3-4-11-27/h5-9,12-14,20H,3-4,10-11,15-16H2,1-2H3,(H2,24,25,30). The van der Waals surface area contributed by atoms with E-state index >= 15 is 0 Å². The number of aromatic nitrogens is 1. The molecule has 2 N–H and O–H groups in total. The summed E-state index contributed by atoms with van der Waals surface area (Å²) in [5.41, 5.74) is 1.70. The number of hydrogen-bond donors (Lipinski definition) is 2. The van der Waals surface area contributed by atoms with Crippen molar-refractivity contribution >= 4 is 39.9 Å². The number of nitrogens with one attached hydrogen (secondary N) is 2. The summed E-state index contributed by atoms with van der Waals surface area (Å²) in [5, 5.41) is 9.07. The van der Waals surface area contributed by atoms with Crippen LogP contribution < -0.4 is 10.6 Å². The molecule has 3 amide bonds. The molecule has 3 aromatic rings. The van der Waals surface area contributed by atoms with Crippen LogP contribution in [0, 0.1) is 0 Å². The second kappa shape index (κ2) is 9.53. The van der Waals surface area contributed by atoms with E-state index in [2.05, 4.69) is 33.0 Å². The number of likely N-dealkylation sites (tertiary alicyclic amines) is 1. The van der Waals surface area contributed by atoms with Gasteiger partial charge in [-0.1, -0.05) is 6.07 Å². The van der Waals surface area contributed by atoms with Gasteiger partial charge in [-0.15, -0.1) is 11.3 Å². The lowest BCUT2D eigenvalue weighted by molar-refractivity contribution is -0.129. The van der Waals surface area contributed by atoms with Gasteiger partial charge in [-0.25, -0.2) is 4.79 Å². The van der Waals surface area contributed by atoms with Crippen molar-refractivity contribution < 1.29 is 9.59 Å². The molecule has 4 rings (SSSR count). The molecule has 0 radical (unpaired) electrons. The molecular formula is C23H29N5O2S. The van der Waals surface area contributed by atoms with Gasteiger partial charge in [0.05, 0.1) is 6.04 Å². The monoisotopic (exact) mass is 439 g/mol. The highest BCUT2D eigenvalue weighted by atomic mass is 32.1. The van der Waals surface area contributed by atoms with Crippen molar-refractivity contribution in [3.8, 4) is 0 Å². The van der Waals surface area contributed by atoms with Crippen LogP contribution in [0.4, 0.5) is 10.5 Å². The van der Waals surface area contributed by atoms with Crippen LogP contribution in [0.3, 0.4) is 0 Å². The molecule has 8 heteroatoms. The smallest absolute Gasteiger partial charge is 0.319 e. The molecule has 0 bridgehead atoms. The Balaban J connectivity index is 1.38. The number of likely N-dealkylation sites (N-methyl/N-ethyl adjacent to an activating group) is 1. The minimum atomic E-state index is -0.206. The van der Waals surface area contributed by atoms with Crippen molar-refractivity contribution in [1.82, 2.24) is 19.7 Å². The van der Waals surface area contributed by atoms with Crippen molar-refractivity contribution in [3.63, 3.8) is 0 Å². The van der Waals surface area contributed by atoms with E-state index in [0.29, 0.717) is 13.1 Å². The molecule has 1 saturated heterocycles. The number of rotatable bonds is 7. The van der Waals surface area contributed by atoms with E-state index in [9.17, 15) is 9.59 Å². The fourth-order valence-electron chi connectivity index (χ4n) is 4.01. The molecule has 164 valence electrons. The average Bonchev–Trinajstić information content (AvgIpc) is 3.51. The quantitative estimate of drug-likeness (QED) is 0.589. The fourth-order valence-corrected chi connectivity index (χ4v) is 4.87. The van der Waals surface area contributed by atoms with Crippen LogP contribution in [-0.4, -0.2) is 60.0 Å². The summed E-state index contributed by atoms with van der Waals surface area (Å²) in [6.07, 6.45) is 4.33. The Labute approximate surface area is 186 Å². The van der Waals surface area contributed by atoms with E-state index in [-0.39, 0.29) is 18.0 Å². The number of hydrogen-bond acceptors (Lipinski definition) is 4. The van der Waals surface area contributed by atoms with E-state index < -0.39 is 0 Å². The maximum atomic E-state index is 12.6. The van der Waals surface area contributed by atoms with Crippen LogP contribution in [0.2, 0.25) is 0 Å². The first-order valence-corrected chi connectivity index (χ1v) is 11.5. The normalized spacial score (nSPS) is 15.2. The summed E-state index contributed by atoms with van der Waals surface area (Å²) in [5.74, 6) is 0.0392. The summed E-state index contributed by atoms with van der Waals surface area (Å²) in [4.78, 5) is 29.9. The van der Waals surface area contributed by atoms with E-state index in [4.69, 9.17) is 0 Å². The molecule has 1 aliphatic heterocycles. The molecule has 2 aromatic heterocycles. The maximum absolute atomic E-state index is 12.6. The molecule has 7 nitrogen and oxygen atoms in total. The molecule has 0 aliphatic carbocycles. The first kappa shape index (κ1) is 21.4. The highest BCUT2D eigenvalue weighted by Gasteiger charge is 2.24. The van der Waals surface area contributed by atoms with Crippen molar-refractivity contribution in [3.05, 3.63) is 52.9 Å². The predicted molar refractivity (Wildman–Crippen MR) is 126 cm³/mol. The lowest BCUT2D eigenvalue weighted by Crippen LogP contribution is -2.38. The lowest BCUT2D eigenvalue weighted by Gasteiger charge is -2.27. The Kier molecular flexibility index (Phi) is 6.58. The summed E-state index contributed by atoms with van der Waals surface area (Å²) < 4.78 is 1.92. The van der Waals surface area contributed by atoms with Crippen molar-refractivity contribution in [1.29, 1.82) is 0 Å². The van der Waals surface area contributed by atoms with Gasteiger partial charge in [0.15, 0.2) is 0 Å². The Morgan fingerprint density at radius 2 is 1.97 bits per heavy atom. The maximum Gasteiger partial charge on any atom is 0.319 e. The summed E-state index contributed by atoms with van der Waals surface area (Å²) in [6.45, 7) is 3.04. The average molecular weight is 440 g/mol. The topological polar surface area (TPSA) is 69.6 Å². The third-order valence-electron chi connectivity index (χ3n) is 5.74. The third-order valence-corrected chi connectivity index (χ3v) is 6.72. The molecule has 0 saturated carbocycles. The van der Waals surface area contributed by atoms with Gasteiger partial charge in [-0.3, -0.25) is 9.69 Å². The second-order valence-corrected chi connectivity index (χ2v) is 9.09. The Bertz CT molecular complexity index is 1040. The van der Waals surface area contributed by atoms with Crippen LogP contribution in [-0.2, 0) is 11.3 Å². The summed E-state index contributed by atoms with van der Waals surface area (Å²) in [6, 6.07) is 11.9. The minimum Gasteiger partial charge on any atom is -0.347 e. The van der Waals surface area contributed by atoms with Crippen molar-refractivity contribution in [2.75, 3.05) is 39.0 Å². The lowest BCUT2D eigenvalue weighted by atomic mass is 10.2. The van der Waals surface area contributed by atoms with E-state index in [1.54, 1.807) is 30.3 Å². The molecule has 31 heavy (non-hydrogen) atoms. The van der Waals surface area contributed by atoms with Gasteiger partial charge < -0.3 is 20.1 Å². The van der Waals surface area contributed by atoms with Crippen molar-refractivity contribution in [2.45, 2.75) is 25.4 Å².